The van der Waals surface area contributed by atoms with Crippen LogP contribution >= 0.6 is 11.8 Å². The van der Waals surface area contributed by atoms with E-state index in [1.807, 2.05) is 60.7 Å². The molecule has 2 N–H and O–H groups in total. The molecular weight excluding hydrogens is 272 g/mol. The summed E-state index contributed by atoms with van der Waals surface area (Å²) < 4.78 is 5.58. The number of hydrogen-bond donors (Lipinski definition) is 2. The van der Waals surface area contributed by atoms with Crippen LogP contribution in [0.3, 0.4) is 0 Å². The van der Waals surface area contributed by atoms with Crippen LogP contribution in [0.2, 0.25) is 0 Å². The summed E-state index contributed by atoms with van der Waals surface area (Å²) >= 11 is 1.12. The molecule has 0 saturated heterocycles. The van der Waals surface area contributed by atoms with Crippen molar-refractivity contribution in [2.24, 2.45) is 0 Å². The van der Waals surface area contributed by atoms with E-state index in [0.29, 0.717) is 0 Å². The first-order valence-electron chi connectivity index (χ1n) is 6.37. The summed E-state index contributed by atoms with van der Waals surface area (Å²) in [6.45, 7) is 3.24. The summed E-state index contributed by atoms with van der Waals surface area (Å²) in [6.07, 6.45) is 0. The highest BCUT2D eigenvalue weighted by Crippen LogP contribution is 2.19. The molecule has 0 heterocycles. The summed E-state index contributed by atoms with van der Waals surface area (Å²) in [5.41, 5.74) is -0.917. The van der Waals surface area contributed by atoms with Gasteiger partial charge in [-0.15, -0.1) is 11.8 Å². The summed E-state index contributed by atoms with van der Waals surface area (Å²) in [6, 6.07) is 19.5. The fourth-order valence-corrected chi connectivity index (χ4v) is 1.97. The lowest BCUT2D eigenvalue weighted by molar-refractivity contribution is 0.256. The number of ether oxygens (including phenoxy) is 1. The van der Waals surface area contributed by atoms with E-state index in [4.69, 9.17) is 14.9 Å². The van der Waals surface area contributed by atoms with E-state index in [1.165, 1.54) is 0 Å². The minimum atomic E-state index is -0.458. The molecule has 0 saturated carbocycles. The third-order valence-electron chi connectivity index (χ3n) is 2.12. The van der Waals surface area contributed by atoms with Crippen molar-refractivity contribution in [2.45, 2.75) is 24.7 Å². The van der Waals surface area contributed by atoms with E-state index in [1.54, 1.807) is 13.8 Å². The standard InChI is InChI=1S/C12H10O.C4H10O2S/c1-3-7-11(8-4-1)13-12-9-5-2-6-10-12;1-3(5)7-4(2)6/h1-10H;3-6H,1-2H3. The summed E-state index contributed by atoms with van der Waals surface area (Å²) in [5.74, 6) is 1.74. The second-order valence-electron chi connectivity index (χ2n) is 4.06. The quantitative estimate of drug-likeness (QED) is 0.840. The Bertz CT molecular complexity index is 414. The Balaban J connectivity index is 0.000000246. The maximum atomic E-state index is 8.53. The lowest BCUT2D eigenvalue weighted by atomic mass is 10.3. The number of benzene rings is 2. The monoisotopic (exact) mass is 292 g/mol. The molecule has 108 valence electrons. The predicted octanol–water partition coefficient (Wildman–Crippen LogP) is 3.88. The molecule has 20 heavy (non-hydrogen) atoms. The molecule has 2 atom stereocenters. The molecule has 4 heteroatoms. The second kappa shape index (κ2) is 9.42. The van der Waals surface area contributed by atoms with Crippen molar-refractivity contribution < 1.29 is 14.9 Å². The smallest absolute Gasteiger partial charge is 0.127 e. The van der Waals surface area contributed by atoms with Gasteiger partial charge in [0.25, 0.3) is 0 Å². The molecule has 0 spiro atoms. The Morgan fingerprint density at radius 1 is 0.750 bits per heavy atom. The Labute approximate surface area is 124 Å². The fourth-order valence-electron chi connectivity index (χ4n) is 1.40. The molecule has 2 aromatic carbocycles. The van der Waals surface area contributed by atoms with Gasteiger partial charge in [0.15, 0.2) is 0 Å². The molecule has 0 bridgehead atoms. The Kier molecular flexibility index (Phi) is 7.80. The molecule has 0 radical (unpaired) electrons. The molecule has 0 aromatic heterocycles. The predicted molar refractivity (Wildman–Crippen MR) is 83.9 cm³/mol. The van der Waals surface area contributed by atoms with Gasteiger partial charge in [-0.1, -0.05) is 36.4 Å². The third-order valence-corrected chi connectivity index (χ3v) is 2.90. The Morgan fingerprint density at radius 3 is 1.35 bits per heavy atom. The third kappa shape index (κ3) is 7.84. The average molecular weight is 292 g/mol. The van der Waals surface area contributed by atoms with Gasteiger partial charge in [-0.25, -0.2) is 0 Å². The number of thioether (sulfide) groups is 1. The van der Waals surface area contributed by atoms with Gasteiger partial charge in [0.1, 0.15) is 11.5 Å². The zero-order chi connectivity index (χ0) is 14.8. The van der Waals surface area contributed by atoms with Gasteiger partial charge >= 0.3 is 0 Å². The molecule has 0 amide bonds. The van der Waals surface area contributed by atoms with Crippen LogP contribution in [0.15, 0.2) is 60.7 Å². The molecule has 0 fully saturated rings. The number of rotatable bonds is 4. The molecule has 3 nitrogen and oxygen atoms in total. The zero-order valence-corrected chi connectivity index (χ0v) is 12.5. The SMILES string of the molecule is CC(O)SC(C)O.c1ccc(Oc2ccccc2)cc1. The van der Waals surface area contributed by atoms with Crippen LogP contribution in [0.4, 0.5) is 0 Å². The zero-order valence-electron chi connectivity index (χ0n) is 11.6. The molecule has 2 aromatic rings. The normalized spacial score (nSPS) is 12.8. The van der Waals surface area contributed by atoms with Crippen molar-refractivity contribution in [3.05, 3.63) is 60.7 Å². The van der Waals surface area contributed by atoms with Crippen molar-refractivity contribution in [3.63, 3.8) is 0 Å². The van der Waals surface area contributed by atoms with Gasteiger partial charge in [0.05, 0.1) is 10.9 Å². The van der Waals surface area contributed by atoms with Crippen LogP contribution < -0.4 is 4.74 Å². The Hall–Kier alpha value is -1.49. The van der Waals surface area contributed by atoms with Crippen molar-refractivity contribution in [1.82, 2.24) is 0 Å². The van der Waals surface area contributed by atoms with Crippen molar-refractivity contribution in [3.8, 4) is 11.5 Å². The first-order valence-corrected chi connectivity index (χ1v) is 7.31. The minimum Gasteiger partial charge on any atom is -0.457 e. The molecule has 0 aliphatic heterocycles. The van der Waals surface area contributed by atoms with Gasteiger partial charge in [-0.3, -0.25) is 0 Å². The van der Waals surface area contributed by atoms with Crippen LogP contribution in [0, 0.1) is 0 Å². The number of aliphatic hydroxyl groups is 2. The van der Waals surface area contributed by atoms with Gasteiger partial charge in [-0.05, 0) is 38.1 Å². The highest BCUT2D eigenvalue weighted by Gasteiger charge is 1.98. The van der Waals surface area contributed by atoms with Gasteiger partial charge < -0.3 is 14.9 Å². The first kappa shape index (κ1) is 16.6. The van der Waals surface area contributed by atoms with Crippen LogP contribution in [-0.4, -0.2) is 21.1 Å². The molecule has 0 aliphatic rings. The van der Waals surface area contributed by atoms with Crippen molar-refractivity contribution in [2.75, 3.05) is 0 Å². The van der Waals surface area contributed by atoms with E-state index in [9.17, 15) is 0 Å². The fraction of sp³-hybridized carbons (Fsp3) is 0.250. The minimum absolute atomic E-state index is 0.458. The van der Waals surface area contributed by atoms with E-state index in [2.05, 4.69) is 0 Å². The summed E-state index contributed by atoms with van der Waals surface area (Å²) in [7, 11) is 0. The lowest BCUT2D eigenvalue weighted by Gasteiger charge is -2.04. The number of para-hydroxylation sites is 2. The van der Waals surface area contributed by atoms with E-state index in [0.717, 1.165) is 23.3 Å². The molecular formula is C16H20O3S. The molecule has 0 aliphatic carbocycles. The van der Waals surface area contributed by atoms with E-state index < -0.39 is 10.9 Å². The number of hydrogen-bond acceptors (Lipinski definition) is 4. The average Bonchev–Trinajstić information content (AvgIpc) is 2.40. The van der Waals surface area contributed by atoms with Gasteiger partial charge in [-0.2, -0.15) is 0 Å². The Morgan fingerprint density at radius 2 is 1.10 bits per heavy atom. The van der Waals surface area contributed by atoms with Gasteiger partial charge in [0.2, 0.25) is 0 Å². The van der Waals surface area contributed by atoms with Crippen molar-refractivity contribution >= 4 is 11.8 Å². The lowest BCUT2D eigenvalue weighted by Crippen LogP contribution is -2.00. The largest absolute Gasteiger partial charge is 0.457 e. The highest BCUT2D eigenvalue weighted by atomic mass is 32.2. The summed E-state index contributed by atoms with van der Waals surface area (Å²) in [5, 5.41) is 17.1. The first-order chi connectivity index (χ1) is 9.58. The van der Waals surface area contributed by atoms with E-state index in [-0.39, 0.29) is 0 Å². The van der Waals surface area contributed by atoms with Crippen LogP contribution in [0.5, 0.6) is 11.5 Å². The number of aliphatic hydroxyl groups excluding tert-OH is 2. The van der Waals surface area contributed by atoms with Crippen LogP contribution in [0.1, 0.15) is 13.8 Å². The molecule has 2 unspecified atom stereocenters. The summed E-state index contributed by atoms with van der Waals surface area (Å²) in [4.78, 5) is 0. The molecule has 2 rings (SSSR count). The highest BCUT2D eigenvalue weighted by molar-refractivity contribution is 8.00. The van der Waals surface area contributed by atoms with Crippen molar-refractivity contribution in [1.29, 1.82) is 0 Å². The maximum absolute atomic E-state index is 8.53. The van der Waals surface area contributed by atoms with Crippen LogP contribution in [-0.2, 0) is 0 Å². The maximum Gasteiger partial charge on any atom is 0.127 e. The van der Waals surface area contributed by atoms with Gasteiger partial charge in [0, 0.05) is 0 Å². The van der Waals surface area contributed by atoms with Crippen LogP contribution in [0.25, 0.3) is 0 Å². The van der Waals surface area contributed by atoms with E-state index >= 15 is 0 Å². The topological polar surface area (TPSA) is 49.7 Å². The second-order valence-corrected chi connectivity index (χ2v) is 5.70.